The highest BCUT2D eigenvalue weighted by atomic mass is 16.5. The molecule has 1 atom stereocenters. The molecule has 15 heavy (non-hydrogen) atoms. The fourth-order valence-corrected chi connectivity index (χ4v) is 1.46. The van der Waals surface area contributed by atoms with Crippen LogP contribution in [0, 0.1) is 0 Å². The van der Waals surface area contributed by atoms with Gasteiger partial charge in [0.2, 0.25) is 6.10 Å². The third kappa shape index (κ3) is 1.83. The number of para-hydroxylation sites is 1. The van der Waals surface area contributed by atoms with Gasteiger partial charge in [-0.3, -0.25) is 4.79 Å². The number of hydrogen-bond acceptors (Lipinski definition) is 3. The summed E-state index contributed by atoms with van der Waals surface area (Å²) in [6.07, 6.45) is -0.572. The van der Waals surface area contributed by atoms with Crippen LogP contribution in [0.4, 0.5) is 0 Å². The molecule has 1 aromatic carbocycles. The third-order valence-corrected chi connectivity index (χ3v) is 2.23. The van der Waals surface area contributed by atoms with Crippen molar-refractivity contribution in [1.29, 1.82) is 0 Å². The molecule has 1 aliphatic heterocycles. The summed E-state index contributed by atoms with van der Waals surface area (Å²) >= 11 is 0. The van der Waals surface area contributed by atoms with E-state index in [4.69, 9.17) is 4.74 Å². The smallest absolute Gasteiger partial charge is 0.289 e. The van der Waals surface area contributed by atoms with Crippen LogP contribution in [-0.2, 0) is 4.79 Å². The minimum absolute atomic E-state index is 0.128. The molecule has 4 heteroatoms. The molecule has 0 aromatic heterocycles. The van der Waals surface area contributed by atoms with E-state index in [1.807, 2.05) is 30.3 Å². The molecule has 0 spiro atoms. The number of nitrogens with zero attached hydrogens (tertiary/aromatic N) is 2. The fourth-order valence-electron chi connectivity index (χ4n) is 1.46. The van der Waals surface area contributed by atoms with E-state index in [0.29, 0.717) is 11.5 Å². The SMILES string of the molecule is CC1=NN(C)C(=O)C1Oc1ccccc1. The van der Waals surface area contributed by atoms with Gasteiger partial charge in [-0.2, -0.15) is 5.10 Å². The maximum atomic E-state index is 11.6. The summed E-state index contributed by atoms with van der Waals surface area (Å²) in [5.41, 5.74) is 0.686. The van der Waals surface area contributed by atoms with Crippen LogP contribution in [0.3, 0.4) is 0 Å². The van der Waals surface area contributed by atoms with Crippen molar-refractivity contribution in [1.82, 2.24) is 5.01 Å². The van der Waals surface area contributed by atoms with Gasteiger partial charge in [0.1, 0.15) is 5.75 Å². The molecule has 0 saturated heterocycles. The Morgan fingerprint density at radius 2 is 2.00 bits per heavy atom. The standard InChI is InChI=1S/C11H12N2O2/c1-8-10(11(14)13(2)12-8)15-9-6-4-3-5-7-9/h3-7,10H,1-2H3. The third-order valence-electron chi connectivity index (χ3n) is 2.23. The molecule has 1 aliphatic rings. The van der Waals surface area contributed by atoms with Crippen LogP contribution in [-0.4, -0.2) is 29.8 Å². The summed E-state index contributed by atoms with van der Waals surface area (Å²) in [6.45, 7) is 1.79. The first kappa shape index (κ1) is 9.71. The molecule has 1 unspecified atom stereocenters. The van der Waals surface area contributed by atoms with E-state index in [1.165, 1.54) is 5.01 Å². The minimum Gasteiger partial charge on any atom is -0.474 e. The summed E-state index contributed by atoms with van der Waals surface area (Å²) in [5.74, 6) is 0.553. The molecular formula is C11H12N2O2. The van der Waals surface area contributed by atoms with E-state index in [1.54, 1.807) is 14.0 Å². The number of hydrazone groups is 1. The molecule has 4 nitrogen and oxygen atoms in total. The lowest BCUT2D eigenvalue weighted by molar-refractivity contribution is -0.132. The minimum atomic E-state index is -0.572. The predicted molar refractivity (Wildman–Crippen MR) is 56.7 cm³/mol. The Morgan fingerprint density at radius 1 is 1.33 bits per heavy atom. The summed E-state index contributed by atoms with van der Waals surface area (Å²) in [5, 5.41) is 5.33. The second kappa shape index (κ2) is 3.73. The van der Waals surface area contributed by atoms with Crippen LogP contribution >= 0.6 is 0 Å². The normalized spacial score (nSPS) is 20.4. The van der Waals surface area contributed by atoms with Gasteiger partial charge in [0, 0.05) is 7.05 Å². The molecule has 0 N–H and O–H groups in total. The van der Waals surface area contributed by atoms with Gasteiger partial charge < -0.3 is 4.74 Å². The zero-order valence-corrected chi connectivity index (χ0v) is 8.68. The molecule has 1 aromatic rings. The van der Waals surface area contributed by atoms with Crippen LogP contribution < -0.4 is 4.74 Å². The number of rotatable bonds is 2. The highest BCUT2D eigenvalue weighted by molar-refractivity contribution is 6.09. The van der Waals surface area contributed by atoms with Crippen molar-refractivity contribution >= 4 is 11.6 Å². The predicted octanol–water partition coefficient (Wildman–Crippen LogP) is 1.28. The second-order valence-electron chi connectivity index (χ2n) is 3.41. The molecule has 0 bridgehead atoms. The molecule has 0 radical (unpaired) electrons. The lowest BCUT2D eigenvalue weighted by atomic mass is 10.2. The Balaban J connectivity index is 2.14. The van der Waals surface area contributed by atoms with Gasteiger partial charge in [-0.15, -0.1) is 0 Å². The molecule has 0 fully saturated rings. The largest absolute Gasteiger partial charge is 0.474 e. The van der Waals surface area contributed by atoms with Crippen molar-refractivity contribution in [3.63, 3.8) is 0 Å². The zero-order valence-electron chi connectivity index (χ0n) is 8.68. The van der Waals surface area contributed by atoms with E-state index in [9.17, 15) is 4.79 Å². The second-order valence-corrected chi connectivity index (χ2v) is 3.41. The van der Waals surface area contributed by atoms with Gasteiger partial charge >= 0.3 is 0 Å². The van der Waals surface area contributed by atoms with Crippen LogP contribution in [0.1, 0.15) is 6.92 Å². The molecule has 0 saturated carbocycles. The summed E-state index contributed by atoms with van der Waals surface area (Å²) in [6, 6.07) is 9.27. The number of hydrogen-bond donors (Lipinski definition) is 0. The number of carbonyl (C=O) groups is 1. The van der Waals surface area contributed by atoms with Gasteiger partial charge in [0.25, 0.3) is 5.91 Å². The summed E-state index contributed by atoms with van der Waals surface area (Å²) in [7, 11) is 1.63. The molecule has 2 rings (SSSR count). The summed E-state index contributed by atoms with van der Waals surface area (Å²) in [4.78, 5) is 11.6. The first-order valence-corrected chi connectivity index (χ1v) is 4.73. The van der Waals surface area contributed by atoms with Gasteiger partial charge in [-0.1, -0.05) is 18.2 Å². The first-order chi connectivity index (χ1) is 7.18. The Bertz CT molecular complexity index is 400. The van der Waals surface area contributed by atoms with E-state index in [2.05, 4.69) is 5.10 Å². The van der Waals surface area contributed by atoms with Crippen molar-refractivity contribution in [3.05, 3.63) is 30.3 Å². The quantitative estimate of drug-likeness (QED) is 0.728. The number of amides is 1. The van der Waals surface area contributed by atoms with Crippen LogP contribution in [0.5, 0.6) is 5.75 Å². The molecule has 0 aliphatic carbocycles. The van der Waals surface area contributed by atoms with Crippen LogP contribution in [0.25, 0.3) is 0 Å². The van der Waals surface area contributed by atoms with Crippen molar-refractivity contribution in [2.45, 2.75) is 13.0 Å². The first-order valence-electron chi connectivity index (χ1n) is 4.73. The number of likely N-dealkylation sites (N-methyl/N-ethyl adjacent to an activating group) is 1. The Kier molecular flexibility index (Phi) is 2.41. The highest BCUT2D eigenvalue weighted by Crippen LogP contribution is 2.16. The van der Waals surface area contributed by atoms with Crippen LogP contribution in [0.15, 0.2) is 35.4 Å². The lowest BCUT2D eigenvalue weighted by Gasteiger charge is -2.12. The van der Waals surface area contributed by atoms with E-state index in [0.717, 1.165) is 0 Å². The fraction of sp³-hybridized carbons (Fsp3) is 0.273. The van der Waals surface area contributed by atoms with E-state index < -0.39 is 6.10 Å². The van der Waals surface area contributed by atoms with Crippen molar-refractivity contribution in [2.24, 2.45) is 5.10 Å². The highest BCUT2D eigenvalue weighted by Gasteiger charge is 2.32. The van der Waals surface area contributed by atoms with Crippen molar-refractivity contribution in [2.75, 3.05) is 7.05 Å². The van der Waals surface area contributed by atoms with Gasteiger partial charge in [-0.25, -0.2) is 5.01 Å². The molecule has 1 amide bonds. The van der Waals surface area contributed by atoms with E-state index in [-0.39, 0.29) is 5.91 Å². The molecule has 1 heterocycles. The number of benzene rings is 1. The number of carbonyl (C=O) groups excluding carboxylic acids is 1. The lowest BCUT2D eigenvalue weighted by Crippen LogP contribution is -2.34. The maximum Gasteiger partial charge on any atom is 0.289 e. The average molecular weight is 204 g/mol. The topological polar surface area (TPSA) is 41.9 Å². The Morgan fingerprint density at radius 3 is 2.53 bits per heavy atom. The Hall–Kier alpha value is -1.84. The Labute approximate surface area is 88.2 Å². The van der Waals surface area contributed by atoms with Crippen molar-refractivity contribution < 1.29 is 9.53 Å². The number of ether oxygens (including phenoxy) is 1. The van der Waals surface area contributed by atoms with E-state index >= 15 is 0 Å². The van der Waals surface area contributed by atoms with Gasteiger partial charge in [0.15, 0.2) is 0 Å². The van der Waals surface area contributed by atoms with Gasteiger partial charge in [0.05, 0.1) is 5.71 Å². The molecular weight excluding hydrogens is 192 g/mol. The molecule has 78 valence electrons. The van der Waals surface area contributed by atoms with Gasteiger partial charge in [-0.05, 0) is 19.1 Å². The monoisotopic (exact) mass is 204 g/mol. The maximum absolute atomic E-state index is 11.6. The average Bonchev–Trinajstić information content (AvgIpc) is 2.47. The van der Waals surface area contributed by atoms with Crippen molar-refractivity contribution in [3.8, 4) is 5.75 Å². The van der Waals surface area contributed by atoms with Crippen LogP contribution in [0.2, 0.25) is 0 Å². The zero-order chi connectivity index (χ0) is 10.8. The summed E-state index contributed by atoms with van der Waals surface area (Å²) < 4.78 is 5.55.